The van der Waals surface area contributed by atoms with Crippen LogP contribution >= 0.6 is 0 Å². The monoisotopic (exact) mass is 281 g/mol. The average molecular weight is 281 g/mol. The Kier molecular flexibility index (Phi) is 6.99. The van der Waals surface area contributed by atoms with Crippen LogP contribution in [0.5, 0.6) is 5.75 Å². The van der Waals surface area contributed by atoms with E-state index in [9.17, 15) is 15.3 Å². The van der Waals surface area contributed by atoms with Crippen molar-refractivity contribution in [1.29, 1.82) is 0 Å². The van der Waals surface area contributed by atoms with Gasteiger partial charge in [-0.25, -0.2) is 0 Å². The fourth-order valence-corrected chi connectivity index (χ4v) is 2.20. The van der Waals surface area contributed by atoms with Crippen LogP contribution in [0.2, 0.25) is 0 Å². The van der Waals surface area contributed by atoms with Crippen molar-refractivity contribution in [2.75, 3.05) is 0 Å². The standard InChI is InChI=1S/C16H27NO3/c1-3-4-5-6-7-8-13-9-10-15(18)11-14(13)12-17-16(2,19)20/h9-11,17-20H,3-8,12H2,1-2H3. The van der Waals surface area contributed by atoms with E-state index in [1.54, 1.807) is 12.1 Å². The van der Waals surface area contributed by atoms with Crippen molar-refractivity contribution in [2.24, 2.45) is 0 Å². The molecule has 0 aliphatic heterocycles. The maximum atomic E-state index is 9.56. The quantitative estimate of drug-likeness (QED) is 0.415. The van der Waals surface area contributed by atoms with E-state index >= 15 is 0 Å². The fourth-order valence-electron chi connectivity index (χ4n) is 2.20. The number of rotatable bonds is 9. The van der Waals surface area contributed by atoms with Crippen molar-refractivity contribution in [3.8, 4) is 5.75 Å². The van der Waals surface area contributed by atoms with Crippen LogP contribution in [0.15, 0.2) is 18.2 Å². The summed E-state index contributed by atoms with van der Waals surface area (Å²) in [4.78, 5) is 0. The van der Waals surface area contributed by atoms with Crippen molar-refractivity contribution in [2.45, 2.75) is 64.8 Å². The van der Waals surface area contributed by atoms with E-state index in [2.05, 4.69) is 12.2 Å². The number of hydrogen-bond donors (Lipinski definition) is 4. The minimum absolute atomic E-state index is 0.203. The molecular formula is C16H27NO3. The van der Waals surface area contributed by atoms with E-state index in [1.807, 2.05) is 6.07 Å². The summed E-state index contributed by atoms with van der Waals surface area (Å²) < 4.78 is 0. The SMILES string of the molecule is CCCCCCCc1ccc(O)cc1CNC(C)(O)O. The Balaban J connectivity index is 2.56. The lowest BCUT2D eigenvalue weighted by atomic mass is 10.00. The number of phenols is 1. The Hall–Kier alpha value is -1.10. The second-order valence-corrected chi connectivity index (χ2v) is 5.49. The van der Waals surface area contributed by atoms with Crippen molar-refractivity contribution < 1.29 is 15.3 Å². The Morgan fingerprint density at radius 2 is 1.75 bits per heavy atom. The van der Waals surface area contributed by atoms with Gasteiger partial charge in [-0.2, -0.15) is 0 Å². The van der Waals surface area contributed by atoms with Crippen LogP contribution in [0.1, 0.15) is 57.1 Å². The topological polar surface area (TPSA) is 72.7 Å². The first kappa shape index (κ1) is 17.0. The molecule has 0 aromatic heterocycles. The minimum Gasteiger partial charge on any atom is -0.508 e. The second-order valence-electron chi connectivity index (χ2n) is 5.49. The van der Waals surface area contributed by atoms with Crippen LogP contribution in [-0.4, -0.2) is 21.2 Å². The number of nitrogens with one attached hydrogen (secondary N) is 1. The van der Waals surface area contributed by atoms with E-state index in [0.717, 1.165) is 24.0 Å². The zero-order valence-electron chi connectivity index (χ0n) is 12.5. The van der Waals surface area contributed by atoms with Crippen LogP contribution in [0, 0.1) is 0 Å². The van der Waals surface area contributed by atoms with E-state index in [4.69, 9.17) is 0 Å². The van der Waals surface area contributed by atoms with Gasteiger partial charge < -0.3 is 15.3 Å². The van der Waals surface area contributed by atoms with Gasteiger partial charge in [-0.15, -0.1) is 0 Å². The molecule has 4 heteroatoms. The van der Waals surface area contributed by atoms with Gasteiger partial charge in [0.1, 0.15) is 5.75 Å². The highest BCUT2D eigenvalue weighted by atomic mass is 16.5. The summed E-state index contributed by atoms with van der Waals surface area (Å²) >= 11 is 0. The Morgan fingerprint density at radius 3 is 2.40 bits per heavy atom. The third-order valence-electron chi connectivity index (χ3n) is 3.35. The van der Waals surface area contributed by atoms with Crippen LogP contribution < -0.4 is 5.32 Å². The molecule has 0 unspecified atom stereocenters. The van der Waals surface area contributed by atoms with Gasteiger partial charge in [0, 0.05) is 13.5 Å². The number of benzene rings is 1. The largest absolute Gasteiger partial charge is 0.508 e. The molecule has 0 amide bonds. The minimum atomic E-state index is -1.90. The maximum Gasteiger partial charge on any atom is 0.219 e. The van der Waals surface area contributed by atoms with Gasteiger partial charge in [-0.05, 0) is 36.1 Å². The van der Waals surface area contributed by atoms with Gasteiger partial charge in [0.2, 0.25) is 5.91 Å². The highest BCUT2D eigenvalue weighted by molar-refractivity contribution is 5.35. The molecule has 0 heterocycles. The zero-order chi connectivity index (χ0) is 15.0. The third-order valence-corrected chi connectivity index (χ3v) is 3.35. The highest BCUT2D eigenvalue weighted by Gasteiger charge is 2.14. The lowest BCUT2D eigenvalue weighted by Crippen LogP contribution is -2.41. The summed E-state index contributed by atoms with van der Waals surface area (Å²) in [6.07, 6.45) is 7.05. The highest BCUT2D eigenvalue weighted by Crippen LogP contribution is 2.19. The Bertz CT molecular complexity index is 399. The number of unbranched alkanes of at least 4 members (excludes halogenated alkanes) is 4. The van der Waals surface area contributed by atoms with Crippen LogP contribution in [0.3, 0.4) is 0 Å². The normalized spacial score (nSPS) is 11.8. The predicted octanol–water partition coefficient (Wildman–Crippen LogP) is 2.65. The van der Waals surface area contributed by atoms with Crippen LogP contribution in [-0.2, 0) is 13.0 Å². The summed E-state index contributed by atoms with van der Waals surface area (Å²) in [7, 11) is 0. The number of hydrogen-bond acceptors (Lipinski definition) is 4. The molecule has 1 rings (SSSR count). The first-order chi connectivity index (χ1) is 9.42. The number of aryl methyl sites for hydroxylation is 1. The molecule has 4 nitrogen and oxygen atoms in total. The van der Waals surface area contributed by atoms with Crippen molar-refractivity contribution in [3.05, 3.63) is 29.3 Å². The molecule has 1 aromatic carbocycles. The molecule has 114 valence electrons. The molecule has 0 spiro atoms. The molecule has 0 atom stereocenters. The molecule has 0 radical (unpaired) electrons. The fraction of sp³-hybridized carbons (Fsp3) is 0.625. The van der Waals surface area contributed by atoms with Gasteiger partial charge >= 0.3 is 0 Å². The molecular weight excluding hydrogens is 254 g/mol. The van der Waals surface area contributed by atoms with Crippen LogP contribution in [0.25, 0.3) is 0 Å². The van der Waals surface area contributed by atoms with Crippen molar-refractivity contribution in [1.82, 2.24) is 5.32 Å². The molecule has 0 bridgehead atoms. The van der Waals surface area contributed by atoms with E-state index in [-0.39, 0.29) is 5.75 Å². The maximum absolute atomic E-state index is 9.56. The second kappa shape index (κ2) is 8.25. The number of aromatic hydroxyl groups is 1. The van der Waals surface area contributed by atoms with Gasteiger partial charge in [0.05, 0.1) is 0 Å². The zero-order valence-corrected chi connectivity index (χ0v) is 12.5. The van der Waals surface area contributed by atoms with Crippen LogP contribution in [0.4, 0.5) is 0 Å². The summed E-state index contributed by atoms with van der Waals surface area (Å²) in [6.45, 7) is 3.80. The van der Waals surface area contributed by atoms with Crippen molar-refractivity contribution >= 4 is 0 Å². The molecule has 0 aliphatic carbocycles. The summed E-state index contributed by atoms with van der Waals surface area (Å²) in [6, 6.07) is 5.28. The van der Waals surface area contributed by atoms with Gasteiger partial charge in [-0.1, -0.05) is 38.7 Å². The average Bonchev–Trinajstić information content (AvgIpc) is 2.37. The van der Waals surface area contributed by atoms with E-state index in [1.165, 1.54) is 32.6 Å². The first-order valence-electron chi connectivity index (χ1n) is 7.43. The summed E-state index contributed by atoms with van der Waals surface area (Å²) in [5, 5.41) is 30.8. The van der Waals surface area contributed by atoms with Gasteiger partial charge in [0.25, 0.3) is 0 Å². The van der Waals surface area contributed by atoms with Gasteiger partial charge in [0.15, 0.2) is 0 Å². The Morgan fingerprint density at radius 1 is 1.05 bits per heavy atom. The molecule has 4 N–H and O–H groups in total. The molecule has 0 saturated carbocycles. The summed E-state index contributed by atoms with van der Waals surface area (Å²) in [5.41, 5.74) is 2.06. The Labute approximate surface area is 121 Å². The number of aliphatic hydroxyl groups is 2. The molecule has 0 fully saturated rings. The molecule has 0 aliphatic rings. The lowest BCUT2D eigenvalue weighted by Gasteiger charge is -2.19. The predicted molar refractivity (Wildman–Crippen MR) is 80.3 cm³/mol. The molecule has 0 saturated heterocycles. The van der Waals surface area contributed by atoms with E-state index in [0.29, 0.717) is 6.54 Å². The first-order valence-corrected chi connectivity index (χ1v) is 7.43. The van der Waals surface area contributed by atoms with E-state index < -0.39 is 5.91 Å². The molecule has 1 aromatic rings. The summed E-state index contributed by atoms with van der Waals surface area (Å²) in [5.74, 6) is -1.70. The van der Waals surface area contributed by atoms with Gasteiger partial charge in [-0.3, -0.25) is 5.32 Å². The third kappa shape index (κ3) is 6.89. The smallest absolute Gasteiger partial charge is 0.219 e. The molecule has 20 heavy (non-hydrogen) atoms. The lowest BCUT2D eigenvalue weighted by molar-refractivity contribution is -0.170. The number of phenolic OH excluding ortho intramolecular Hbond substituents is 1. The van der Waals surface area contributed by atoms with Crippen molar-refractivity contribution in [3.63, 3.8) is 0 Å².